The Bertz CT molecular complexity index is 608. The molecule has 0 aromatic heterocycles. The lowest BCUT2D eigenvalue weighted by atomic mass is 9.93. The summed E-state index contributed by atoms with van der Waals surface area (Å²) in [5.41, 5.74) is 0.421. The van der Waals surface area contributed by atoms with Crippen LogP contribution in [0.25, 0.3) is 0 Å². The van der Waals surface area contributed by atoms with Gasteiger partial charge in [0.05, 0.1) is 28.0 Å². The third kappa shape index (κ3) is 7.58. The largest absolute Gasteiger partial charge is 0.359 e. The normalized spacial score (nSPS) is 12.8. The van der Waals surface area contributed by atoms with Crippen molar-refractivity contribution in [3.05, 3.63) is 33.8 Å². The molecule has 5 nitrogen and oxygen atoms in total. The van der Waals surface area contributed by atoms with Crippen molar-refractivity contribution in [2.24, 2.45) is 10.4 Å². The molecular formula is C17H27Cl2IN4O. The van der Waals surface area contributed by atoms with E-state index in [4.69, 9.17) is 23.2 Å². The van der Waals surface area contributed by atoms with Gasteiger partial charge in [-0.15, -0.1) is 24.0 Å². The van der Waals surface area contributed by atoms with Crippen molar-refractivity contribution in [2.45, 2.75) is 33.7 Å². The smallest absolute Gasteiger partial charge is 0.227 e. The van der Waals surface area contributed by atoms with Crippen LogP contribution < -0.4 is 16.0 Å². The van der Waals surface area contributed by atoms with Crippen molar-refractivity contribution >= 4 is 59.0 Å². The molecule has 0 aliphatic rings. The highest BCUT2D eigenvalue weighted by molar-refractivity contribution is 14.0. The van der Waals surface area contributed by atoms with Gasteiger partial charge in [0.2, 0.25) is 5.91 Å². The van der Waals surface area contributed by atoms with Gasteiger partial charge in [0, 0.05) is 13.6 Å². The molecular weight excluding hydrogens is 474 g/mol. The monoisotopic (exact) mass is 500 g/mol. The molecule has 1 amide bonds. The molecule has 142 valence electrons. The van der Waals surface area contributed by atoms with Gasteiger partial charge in [0.1, 0.15) is 0 Å². The zero-order chi connectivity index (χ0) is 18.3. The zero-order valence-corrected chi connectivity index (χ0v) is 19.1. The topological polar surface area (TPSA) is 65.5 Å². The standard InChI is InChI=1S/C17H26Cl2N4O.HI/c1-6-21-16(22-10-17(3,4)15(24)20-5)23-11(2)12-7-8-13(18)14(19)9-12;/h7-9,11H,6,10H2,1-5H3,(H,20,24)(H2,21,22,23);1H. The quantitative estimate of drug-likeness (QED) is 0.314. The van der Waals surface area contributed by atoms with E-state index in [1.54, 1.807) is 13.1 Å². The summed E-state index contributed by atoms with van der Waals surface area (Å²) >= 11 is 12.0. The summed E-state index contributed by atoms with van der Waals surface area (Å²) in [6.07, 6.45) is 0. The van der Waals surface area contributed by atoms with E-state index < -0.39 is 5.41 Å². The van der Waals surface area contributed by atoms with E-state index in [1.807, 2.05) is 39.8 Å². The van der Waals surface area contributed by atoms with E-state index in [-0.39, 0.29) is 35.9 Å². The lowest BCUT2D eigenvalue weighted by Gasteiger charge is -2.22. The minimum absolute atomic E-state index is 0. The number of nitrogens with one attached hydrogen (secondary N) is 3. The molecule has 0 saturated heterocycles. The summed E-state index contributed by atoms with van der Waals surface area (Å²) in [5, 5.41) is 10.2. The number of halogens is 3. The molecule has 1 rings (SSSR count). The van der Waals surface area contributed by atoms with Crippen LogP contribution in [-0.2, 0) is 4.79 Å². The Morgan fingerprint density at radius 1 is 1.28 bits per heavy atom. The molecule has 1 atom stereocenters. The second kappa shape index (κ2) is 11.1. The Morgan fingerprint density at radius 3 is 2.44 bits per heavy atom. The minimum atomic E-state index is -0.579. The van der Waals surface area contributed by atoms with Gasteiger partial charge in [-0.1, -0.05) is 29.3 Å². The van der Waals surface area contributed by atoms with Gasteiger partial charge in [-0.2, -0.15) is 0 Å². The zero-order valence-electron chi connectivity index (χ0n) is 15.2. The number of carbonyl (C=O) groups is 1. The van der Waals surface area contributed by atoms with Crippen LogP contribution >= 0.6 is 47.2 Å². The molecule has 1 aromatic rings. The minimum Gasteiger partial charge on any atom is -0.359 e. The number of aliphatic imine (C=N–C) groups is 1. The third-order valence-corrected chi connectivity index (χ3v) is 4.35. The molecule has 1 aromatic carbocycles. The number of hydrogen-bond acceptors (Lipinski definition) is 2. The van der Waals surface area contributed by atoms with Crippen molar-refractivity contribution in [3.63, 3.8) is 0 Å². The van der Waals surface area contributed by atoms with Gasteiger partial charge in [0.15, 0.2) is 5.96 Å². The van der Waals surface area contributed by atoms with Gasteiger partial charge in [-0.3, -0.25) is 9.79 Å². The van der Waals surface area contributed by atoms with Gasteiger partial charge in [0.25, 0.3) is 0 Å². The molecule has 0 heterocycles. The Morgan fingerprint density at radius 2 is 1.92 bits per heavy atom. The number of hydrogen-bond donors (Lipinski definition) is 3. The second-order valence-corrected chi connectivity index (χ2v) is 7.01. The average molecular weight is 501 g/mol. The van der Waals surface area contributed by atoms with E-state index in [0.29, 0.717) is 22.5 Å². The number of guanidine groups is 1. The van der Waals surface area contributed by atoms with Crippen molar-refractivity contribution in [1.29, 1.82) is 0 Å². The Balaban J connectivity index is 0.00000576. The molecule has 0 spiro atoms. The Kier molecular flexibility index (Phi) is 10.8. The number of rotatable bonds is 6. The summed E-state index contributed by atoms with van der Waals surface area (Å²) in [4.78, 5) is 16.4. The summed E-state index contributed by atoms with van der Waals surface area (Å²) in [6, 6.07) is 5.51. The molecule has 0 radical (unpaired) electrons. The molecule has 0 saturated carbocycles. The summed E-state index contributed by atoms with van der Waals surface area (Å²) in [6.45, 7) is 8.82. The first-order chi connectivity index (χ1) is 11.2. The van der Waals surface area contributed by atoms with Crippen LogP contribution in [0.3, 0.4) is 0 Å². The molecule has 3 N–H and O–H groups in total. The van der Waals surface area contributed by atoms with E-state index in [9.17, 15) is 4.79 Å². The Hall–Kier alpha value is -0.730. The SMILES string of the molecule is CCNC(=NCC(C)(C)C(=O)NC)NC(C)c1ccc(Cl)c(Cl)c1.I. The van der Waals surface area contributed by atoms with Crippen molar-refractivity contribution in [1.82, 2.24) is 16.0 Å². The van der Waals surface area contributed by atoms with Crippen LogP contribution in [0.5, 0.6) is 0 Å². The number of nitrogens with zero attached hydrogens (tertiary/aromatic N) is 1. The number of carbonyl (C=O) groups excluding carboxylic acids is 1. The summed E-state index contributed by atoms with van der Waals surface area (Å²) in [5.74, 6) is 0.604. The maximum atomic E-state index is 11.9. The fourth-order valence-corrected chi connectivity index (χ4v) is 2.38. The lowest BCUT2D eigenvalue weighted by molar-refractivity contribution is -0.128. The maximum absolute atomic E-state index is 11.9. The van der Waals surface area contributed by atoms with Gasteiger partial charge in [-0.25, -0.2) is 0 Å². The predicted octanol–water partition coefficient (Wildman–Crippen LogP) is 4.00. The molecule has 0 aliphatic heterocycles. The first-order valence-corrected chi connectivity index (χ1v) is 8.68. The third-order valence-electron chi connectivity index (χ3n) is 3.62. The maximum Gasteiger partial charge on any atom is 0.227 e. The molecule has 0 fully saturated rings. The van der Waals surface area contributed by atoms with Crippen molar-refractivity contribution in [3.8, 4) is 0 Å². The average Bonchev–Trinajstić information content (AvgIpc) is 2.54. The van der Waals surface area contributed by atoms with Crippen molar-refractivity contribution in [2.75, 3.05) is 20.1 Å². The number of benzene rings is 1. The summed E-state index contributed by atoms with van der Waals surface area (Å²) in [7, 11) is 1.63. The summed E-state index contributed by atoms with van der Waals surface area (Å²) < 4.78 is 0. The lowest BCUT2D eigenvalue weighted by Crippen LogP contribution is -2.41. The van der Waals surface area contributed by atoms with Crippen LogP contribution in [0.4, 0.5) is 0 Å². The van der Waals surface area contributed by atoms with Crippen LogP contribution in [0.15, 0.2) is 23.2 Å². The first kappa shape index (κ1) is 24.3. The van der Waals surface area contributed by atoms with Crippen LogP contribution in [0.1, 0.15) is 39.3 Å². The predicted molar refractivity (Wildman–Crippen MR) is 117 cm³/mol. The highest BCUT2D eigenvalue weighted by Crippen LogP contribution is 2.25. The van der Waals surface area contributed by atoms with Crippen LogP contribution in [0, 0.1) is 5.41 Å². The highest BCUT2D eigenvalue weighted by Gasteiger charge is 2.26. The molecule has 25 heavy (non-hydrogen) atoms. The van der Waals surface area contributed by atoms with Gasteiger partial charge >= 0.3 is 0 Å². The first-order valence-electron chi connectivity index (χ1n) is 7.93. The van der Waals surface area contributed by atoms with E-state index in [0.717, 1.165) is 12.1 Å². The fraction of sp³-hybridized carbons (Fsp3) is 0.529. The molecule has 8 heteroatoms. The Labute approximate surface area is 177 Å². The van der Waals surface area contributed by atoms with Gasteiger partial charge < -0.3 is 16.0 Å². The van der Waals surface area contributed by atoms with Gasteiger partial charge in [-0.05, 0) is 45.4 Å². The van der Waals surface area contributed by atoms with Crippen molar-refractivity contribution < 1.29 is 4.79 Å². The highest BCUT2D eigenvalue weighted by atomic mass is 127. The second-order valence-electron chi connectivity index (χ2n) is 6.20. The van der Waals surface area contributed by atoms with E-state index >= 15 is 0 Å². The molecule has 0 aliphatic carbocycles. The molecule has 1 unspecified atom stereocenters. The van der Waals surface area contributed by atoms with Crippen LogP contribution in [0.2, 0.25) is 10.0 Å². The van der Waals surface area contributed by atoms with E-state index in [2.05, 4.69) is 20.9 Å². The van der Waals surface area contributed by atoms with E-state index in [1.165, 1.54) is 0 Å². The molecule has 0 bridgehead atoms. The number of amides is 1. The van der Waals surface area contributed by atoms with Crippen LogP contribution in [-0.4, -0.2) is 32.0 Å². The fourth-order valence-electron chi connectivity index (χ4n) is 2.08.